The van der Waals surface area contributed by atoms with E-state index in [1.807, 2.05) is 0 Å². The Kier molecular flexibility index (Phi) is 3.19. The van der Waals surface area contributed by atoms with Crippen molar-refractivity contribution >= 4 is 0 Å². The Morgan fingerprint density at radius 2 is 1.59 bits per heavy atom. The highest BCUT2D eigenvalue weighted by Crippen LogP contribution is 2.46. The van der Waals surface area contributed by atoms with Gasteiger partial charge in [-0.1, -0.05) is 26.0 Å². The van der Waals surface area contributed by atoms with Crippen molar-refractivity contribution in [3.63, 3.8) is 0 Å². The quantitative estimate of drug-likeness (QED) is 0.710. The van der Waals surface area contributed by atoms with Gasteiger partial charge in [0, 0.05) is 0 Å². The Bertz CT molecular complexity index is 369. The van der Waals surface area contributed by atoms with Gasteiger partial charge in [-0.25, -0.2) is 0 Å². The highest BCUT2D eigenvalue weighted by atomic mass is 19.4. The van der Waals surface area contributed by atoms with Crippen LogP contribution in [0.2, 0.25) is 0 Å². The molecule has 17 heavy (non-hydrogen) atoms. The third kappa shape index (κ3) is 2.82. The monoisotopic (exact) mass is 242 g/mol. The molecule has 1 aromatic rings. The van der Waals surface area contributed by atoms with E-state index in [-0.39, 0.29) is 0 Å². The number of halogens is 3. The summed E-state index contributed by atoms with van der Waals surface area (Å²) in [5, 5.41) is 0. The zero-order valence-corrected chi connectivity index (χ0v) is 10.1. The van der Waals surface area contributed by atoms with Gasteiger partial charge in [0.25, 0.3) is 0 Å². The van der Waals surface area contributed by atoms with Crippen LogP contribution in [0.25, 0.3) is 0 Å². The van der Waals surface area contributed by atoms with Gasteiger partial charge in [-0.2, -0.15) is 13.2 Å². The van der Waals surface area contributed by atoms with Gasteiger partial charge >= 0.3 is 6.18 Å². The minimum Gasteiger partial charge on any atom is -0.166 e. The maximum absolute atomic E-state index is 12.5. The van der Waals surface area contributed by atoms with Gasteiger partial charge in [0.1, 0.15) is 0 Å². The number of rotatable bonds is 3. The maximum atomic E-state index is 12.5. The van der Waals surface area contributed by atoms with Crippen molar-refractivity contribution in [3.05, 3.63) is 35.4 Å². The first kappa shape index (κ1) is 12.5. The van der Waals surface area contributed by atoms with E-state index in [4.69, 9.17) is 0 Å². The van der Waals surface area contributed by atoms with Gasteiger partial charge in [0.05, 0.1) is 5.56 Å². The third-order valence-corrected chi connectivity index (χ3v) is 3.47. The fourth-order valence-corrected chi connectivity index (χ4v) is 2.55. The van der Waals surface area contributed by atoms with Gasteiger partial charge in [0.15, 0.2) is 0 Å². The lowest BCUT2D eigenvalue weighted by atomic mass is 9.84. The molecule has 1 aliphatic rings. The van der Waals surface area contributed by atoms with Crippen LogP contribution < -0.4 is 0 Å². The molecule has 0 radical (unpaired) electrons. The topological polar surface area (TPSA) is 0 Å². The highest BCUT2D eigenvalue weighted by Gasteiger charge is 2.35. The average Bonchev–Trinajstić information content (AvgIpc) is 3.01. The fraction of sp³-hybridized carbons (Fsp3) is 0.571. The standard InChI is InChI=1S/C14H17F3/c1-9(2)13(10-3-4-10)11-5-7-12(8-6-11)14(15,16)17/h5-10,13H,3-4H2,1-2H3. The lowest BCUT2D eigenvalue weighted by molar-refractivity contribution is -0.137. The largest absolute Gasteiger partial charge is 0.416 e. The first-order valence-electron chi connectivity index (χ1n) is 6.06. The van der Waals surface area contributed by atoms with E-state index in [0.717, 1.165) is 5.56 Å². The zero-order chi connectivity index (χ0) is 12.6. The molecule has 0 heterocycles. The summed E-state index contributed by atoms with van der Waals surface area (Å²) in [5.41, 5.74) is 0.495. The summed E-state index contributed by atoms with van der Waals surface area (Å²) in [6, 6.07) is 5.69. The van der Waals surface area contributed by atoms with Crippen molar-refractivity contribution in [2.75, 3.05) is 0 Å². The van der Waals surface area contributed by atoms with Crippen LogP contribution in [0, 0.1) is 11.8 Å². The predicted molar refractivity (Wildman–Crippen MR) is 61.7 cm³/mol. The van der Waals surface area contributed by atoms with Gasteiger partial charge in [0.2, 0.25) is 0 Å². The molecule has 0 N–H and O–H groups in total. The molecule has 1 aromatic carbocycles. The van der Waals surface area contributed by atoms with E-state index in [9.17, 15) is 13.2 Å². The van der Waals surface area contributed by atoms with E-state index in [0.29, 0.717) is 17.8 Å². The maximum Gasteiger partial charge on any atom is 0.416 e. The second-order valence-electron chi connectivity index (χ2n) is 5.23. The molecule has 1 fully saturated rings. The van der Waals surface area contributed by atoms with Gasteiger partial charge in [-0.05, 0) is 48.3 Å². The second kappa shape index (κ2) is 4.35. The molecular formula is C14H17F3. The van der Waals surface area contributed by atoms with Crippen LogP contribution in [-0.4, -0.2) is 0 Å². The normalized spacial score (nSPS) is 18.5. The van der Waals surface area contributed by atoms with Gasteiger partial charge < -0.3 is 0 Å². The third-order valence-electron chi connectivity index (χ3n) is 3.47. The smallest absolute Gasteiger partial charge is 0.166 e. The minimum absolute atomic E-state index is 0.414. The summed E-state index contributed by atoms with van der Waals surface area (Å²) in [4.78, 5) is 0. The summed E-state index contributed by atoms with van der Waals surface area (Å²) in [6.45, 7) is 4.28. The molecule has 0 nitrogen and oxygen atoms in total. The van der Waals surface area contributed by atoms with Crippen molar-refractivity contribution in [1.29, 1.82) is 0 Å². The number of alkyl halides is 3. The number of hydrogen-bond donors (Lipinski definition) is 0. The van der Waals surface area contributed by atoms with Crippen LogP contribution in [0.4, 0.5) is 13.2 Å². The zero-order valence-electron chi connectivity index (χ0n) is 10.1. The van der Waals surface area contributed by atoms with Crippen LogP contribution in [-0.2, 0) is 6.18 Å². The van der Waals surface area contributed by atoms with Crippen LogP contribution >= 0.6 is 0 Å². The molecule has 0 amide bonds. The summed E-state index contributed by atoms with van der Waals surface area (Å²) in [7, 11) is 0. The lowest BCUT2D eigenvalue weighted by Crippen LogP contribution is -2.10. The van der Waals surface area contributed by atoms with Crippen molar-refractivity contribution in [2.24, 2.45) is 11.8 Å². The minimum atomic E-state index is -4.23. The molecule has 3 heteroatoms. The molecule has 0 spiro atoms. The molecule has 1 aliphatic carbocycles. The molecule has 0 aromatic heterocycles. The first-order chi connectivity index (χ1) is 7.89. The molecule has 1 unspecified atom stereocenters. The fourth-order valence-electron chi connectivity index (χ4n) is 2.55. The highest BCUT2D eigenvalue weighted by molar-refractivity contribution is 5.28. The second-order valence-corrected chi connectivity index (χ2v) is 5.23. The van der Waals surface area contributed by atoms with Crippen LogP contribution in [0.15, 0.2) is 24.3 Å². The van der Waals surface area contributed by atoms with Crippen LogP contribution in [0.5, 0.6) is 0 Å². The van der Waals surface area contributed by atoms with E-state index in [1.165, 1.54) is 25.0 Å². The molecular weight excluding hydrogens is 225 g/mol. The molecule has 0 saturated heterocycles. The van der Waals surface area contributed by atoms with E-state index in [2.05, 4.69) is 13.8 Å². The van der Waals surface area contributed by atoms with E-state index in [1.54, 1.807) is 12.1 Å². The molecule has 2 rings (SSSR count). The van der Waals surface area contributed by atoms with E-state index < -0.39 is 11.7 Å². The Hall–Kier alpha value is -0.990. The summed E-state index contributed by atoms with van der Waals surface area (Å²) in [5.74, 6) is 1.57. The molecule has 1 saturated carbocycles. The van der Waals surface area contributed by atoms with Crippen molar-refractivity contribution in [2.45, 2.75) is 38.8 Å². The van der Waals surface area contributed by atoms with E-state index >= 15 is 0 Å². The van der Waals surface area contributed by atoms with Gasteiger partial charge in [-0.15, -0.1) is 0 Å². The Morgan fingerprint density at radius 3 is 1.94 bits per heavy atom. The Morgan fingerprint density at radius 1 is 1.06 bits per heavy atom. The molecule has 0 aliphatic heterocycles. The van der Waals surface area contributed by atoms with Crippen LogP contribution in [0.3, 0.4) is 0 Å². The van der Waals surface area contributed by atoms with Crippen molar-refractivity contribution < 1.29 is 13.2 Å². The van der Waals surface area contributed by atoms with Crippen molar-refractivity contribution in [1.82, 2.24) is 0 Å². The van der Waals surface area contributed by atoms with Gasteiger partial charge in [-0.3, -0.25) is 0 Å². The average molecular weight is 242 g/mol. The SMILES string of the molecule is CC(C)C(c1ccc(C(F)(F)F)cc1)C1CC1. The lowest BCUT2D eigenvalue weighted by Gasteiger charge is -2.21. The summed E-state index contributed by atoms with van der Waals surface area (Å²) >= 11 is 0. The Balaban J connectivity index is 2.21. The molecule has 0 bridgehead atoms. The first-order valence-corrected chi connectivity index (χ1v) is 6.06. The summed E-state index contributed by atoms with van der Waals surface area (Å²) < 4.78 is 37.4. The molecule has 1 atom stereocenters. The predicted octanol–water partition coefficient (Wildman–Crippen LogP) is 4.86. The molecule has 94 valence electrons. The Labute approximate surface area is 99.8 Å². The van der Waals surface area contributed by atoms with Crippen molar-refractivity contribution in [3.8, 4) is 0 Å². The number of benzene rings is 1. The van der Waals surface area contributed by atoms with Crippen LogP contribution in [0.1, 0.15) is 43.7 Å². The summed E-state index contributed by atoms with van der Waals surface area (Å²) in [6.07, 6.45) is -1.81. The number of hydrogen-bond acceptors (Lipinski definition) is 0.